The molecule has 0 saturated carbocycles. The van der Waals surface area contributed by atoms with Crippen LogP contribution in [0.5, 0.6) is 5.75 Å². The Morgan fingerprint density at radius 2 is 1.90 bits per heavy atom. The Bertz CT molecular complexity index is 1030. The zero-order valence-electron chi connectivity index (χ0n) is 16.3. The number of rotatable bonds is 6. The molecule has 2 aromatic carbocycles. The molecule has 0 bridgehead atoms. The van der Waals surface area contributed by atoms with E-state index in [4.69, 9.17) is 20.9 Å². The van der Waals surface area contributed by atoms with Crippen LogP contribution in [0.15, 0.2) is 47.0 Å². The smallest absolute Gasteiger partial charge is 0.271 e. The number of anilines is 1. The van der Waals surface area contributed by atoms with Crippen molar-refractivity contribution in [1.29, 1.82) is 0 Å². The summed E-state index contributed by atoms with van der Waals surface area (Å²) >= 11 is 6.25. The van der Waals surface area contributed by atoms with Gasteiger partial charge < -0.3 is 14.2 Å². The van der Waals surface area contributed by atoms with Gasteiger partial charge in [0.2, 0.25) is 11.7 Å². The van der Waals surface area contributed by atoms with Crippen LogP contribution in [0.1, 0.15) is 5.89 Å². The third kappa shape index (κ3) is 4.37. The number of piperazine rings is 1. The van der Waals surface area contributed by atoms with E-state index >= 15 is 0 Å². The fraction of sp³-hybridized carbons (Fsp3) is 0.300. The van der Waals surface area contributed by atoms with Crippen LogP contribution in [0, 0.1) is 10.1 Å². The molecular formula is C20H20ClN5O4. The Kier molecular flexibility index (Phi) is 5.82. The third-order valence-electron chi connectivity index (χ3n) is 5.03. The van der Waals surface area contributed by atoms with E-state index in [9.17, 15) is 10.1 Å². The molecule has 0 radical (unpaired) electrons. The highest BCUT2D eigenvalue weighted by Crippen LogP contribution is 2.30. The largest absolute Gasteiger partial charge is 0.497 e. The molecule has 9 nitrogen and oxygen atoms in total. The van der Waals surface area contributed by atoms with Gasteiger partial charge >= 0.3 is 0 Å². The van der Waals surface area contributed by atoms with Crippen LogP contribution in [0.4, 0.5) is 11.4 Å². The summed E-state index contributed by atoms with van der Waals surface area (Å²) in [7, 11) is 1.62. The zero-order valence-corrected chi connectivity index (χ0v) is 17.1. The first-order valence-corrected chi connectivity index (χ1v) is 9.79. The molecule has 0 aliphatic carbocycles. The Hall–Kier alpha value is -3.17. The summed E-state index contributed by atoms with van der Waals surface area (Å²) in [5.41, 5.74) is 1.66. The molecule has 1 saturated heterocycles. The zero-order chi connectivity index (χ0) is 21.1. The topological polar surface area (TPSA) is 97.8 Å². The average Bonchev–Trinajstić information content (AvgIpc) is 3.23. The van der Waals surface area contributed by atoms with Crippen molar-refractivity contribution in [3.8, 4) is 17.1 Å². The second-order valence-corrected chi connectivity index (χ2v) is 7.30. The van der Waals surface area contributed by atoms with E-state index in [1.807, 2.05) is 24.3 Å². The summed E-state index contributed by atoms with van der Waals surface area (Å²) in [5, 5.41) is 15.3. The molecular weight excluding hydrogens is 410 g/mol. The van der Waals surface area contributed by atoms with Gasteiger partial charge in [-0.1, -0.05) is 16.8 Å². The number of ether oxygens (including phenoxy) is 1. The van der Waals surface area contributed by atoms with E-state index < -0.39 is 4.92 Å². The summed E-state index contributed by atoms with van der Waals surface area (Å²) in [5.74, 6) is 1.88. The minimum atomic E-state index is -0.446. The number of nitrogens with zero attached hydrogens (tertiary/aromatic N) is 5. The highest BCUT2D eigenvalue weighted by atomic mass is 35.5. The number of benzene rings is 2. The van der Waals surface area contributed by atoms with Crippen molar-refractivity contribution in [3.05, 3.63) is 63.5 Å². The quantitative estimate of drug-likeness (QED) is 0.432. The lowest BCUT2D eigenvalue weighted by Gasteiger charge is -2.35. The second kappa shape index (κ2) is 8.68. The van der Waals surface area contributed by atoms with Crippen molar-refractivity contribution in [1.82, 2.24) is 15.0 Å². The number of hydrogen-bond acceptors (Lipinski definition) is 8. The monoisotopic (exact) mass is 429 g/mol. The van der Waals surface area contributed by atoms with Gasteiger partial charge in [0.05, 0.1) is 29.3 Å². The van der Waals surface area contributed by atoms with Crippen LogP contribution in [-0.4, -0.2) is 53.3 Å². The van der Waals surface area contributed by atoms with Crippen molar-refractivity contribution in [2.24, 2.45) is 0 Å². The number of non-ortho nitro benzene ring substituents is 1. The van der Waals surface area contributed by atoms with Crippen molar-refractivity contribution < 1.29 is 14.2 Å². The predicted octanol–water partition coefficient (Wildman–Crippen LogP) is 3.63. The van der Waals surface area contributed by atoms with E-state index in [2.05, 4.69) is 19.9 Å². The summed E-state index contributed by atoms with van der Waals surface area (Å²) in [6.45, 7) is 3.63. The molecule has 1 fully saturated rings. The van der Waals surface area contributed by atoms with Crippen LogP contribution < -0.4 is 9.64 Å². The van der Waals surface area contributed by atoms with Gasteiger partial charge in [-0.05, 0) is 30.3 Å². The first-order chi connectivity index (χ1) is 14.5. The molecule has 2 heterocycles. The molecule has 0 unspecified atom stereocenters. The average molecular weight is 430 g/mol. The maximum atomic E-state index is 10.9. The SMILES string of the molecule is COc1ccc(-c2noc(CN3CCN(c4ccc([N+](=O)[O-])cc4Cl)CC3)n2)cc1. The molecule has 4 rings (SSSR count). The van der Waals surface area contributed by atoms with E-state index in [-0.39, 0.29) is 5.69 Å². The van der Waals surface area contributed by atoms with Gasteiger partial charge in [-0.25, -0.2) is 0 Å². The van der Waals surface area contributed by atoms with E-state index in [0.717, 1.165) is 43.2 Å². The number of aromatic nitrogens is 2. The Morgan fingerprint density at radius 3 is 2.53 bits per heavy atom. The lowest BCUT2D eigenvalue weighted by molar-refractivity contribution is -0.384. The molecule has 0 atom stereocenters. The molecule has 10 heteroatoms. The van der Waals surface area contributed by atoms with Crippen molar-refractivity contribution in [2.45, 2.75) is 6.54 Å². The lowest BCUT2D eigenvalue weighted by atomic mass is 10.2. The fourth-order valence-corrected chi connectivity index (χ4v) is 3.67. The first kappa shape index (κ1) is 20.1. The van der Waals surface area contributed by atoms with Gasteiger partial charge in [0.25, 0.3) is 5.69 Å². The number of methoxy groups -OCH3 is 1. The van der Waals surface area contributed by atoms with Crippen LogP contribution in [-0.2, 0) is 6.54 Å². The van der Waals surface area contributed by atoms with E-state index in [1.165, 1.54) is 12.1 Å². The standard InChI is InChI=1S/C20H20ClN5O4/c1-29-16-5-2-14(3-6-16)20-22-19(30-23-20)13-24-8-10-25(11-9-24)18-7-4-15(26(27)28)12-17(18)21/h2-7,12H,8-11,13H2,1H3. The number of nitro groups is 1. The normalized spacial score (nSPS) is 14.7. The first-order valence-electron chi connectivity index (χ1n) is 9.42. The van der Waals surface area contributed by atoms with E-state index in [1.54, 1.807) is 13.2 Å². The van der Waals surface area contributed by atoms with E-state index in [0.29, 0.717) is 23.3 Å². The molecule has 30 heavy (non-hydrogen) atoms. The van der Waals surface area contributed by atoms with Gasteiger partial charge in [0.15, 0.2) is 0 Å². The van der Waals surface area contributed by atoms with Crippen LogP contribution in [0.3, 0.4) is 0 Å². The van der Waals surface area contributed by atoms with Crippen LogP contribution in [0.25, 0.3) is 11.4 Å². The number of hydrogen-bond donors (Lipinski definition) is 0. The number of nitro benzene ring substituents is 1. The lowest BCUT2D eigenvalue weighted by Crippen LogP contribution is -2.46. The Labute approximate surface area is 178 Å². The second-order valence-electron chi connectivity index (χ2n) is 6.90. The van der Waals surface area contributed by atoms with Gasteiger partial charge in [0, 0.05) is 43.9 Å². The molecule has 1 aliphatic rings. The van der Waals surface area contributed by atoms with Gasteiger partial charge in [0.1, 0.15) is 5.75 Å². The fourth-order valence-electron chi connectivity index (χ4n) is 3.38. The summed E-state index contributed by atoms with van der Waals surface area (Å²) in [6.07, 6.45) is 0. The Morgan fingerprint density at radius 1 is 1.17 bits per heavy atom. The highest BCUT2D eigenvalue weighted by molar-refractivity contribution is 6.33. The third-order valence-corrected chi connectivity index (χ3v) is 5.33. The summed E-state index contributed by atoms with van der Waals surface area (Å²) < 4.78 is 10.6. The maximum Gasteiger partial charge on any atom is 0.271 e. The van der Waals surface area contributed by atoms with Crippen LogP contribution in [0.2, 0.25) is 5.02 Å². The minimum absolute atomic E-state index is 0.00792. The number of halogens is 1. The van der Waals surface area contributed by atoms with Crippen LogP contribution >= 0.6 is 11.6 Å². The summed E-state index contributed by atoms with van der Waals surface area (Å²) in [6, 6.07) is 12.1. The molecule has 0 amide bonds. The highest BCUT2D eigenvalue weighted by Gasteiger charge is 2.22. The minimum Gasteiger partial charge on any atom is -0.497 e. The van der Waals surface area contributed by atoms with Crippen molar-refractivity contribution in [3.63, 3.8) is 0 Å². The maximum absolute atomic E-state index is 10.9. The molecule has 1 aliphatic heterocycles. The molecule has 3 aromatic rings. The molecule has 0 spiro atoms. The van der Waals surface area contributed by atoms with Crippen molar-refractivity contribution in [2.75, 3.05) is 38.2 Å². The summed E-state index contributed by atoms with van der Waals surface area (Å²) in [4.78, 5) is 19.3. The molecule has 0 N–H and O–H groups in total. The Balaban J connectivity index is 1.35. The molecule has 156 valence electrons. The van der Waals surface area contributed by atoms with Crippen molar-refractivity contribution >= 4 is 23.0 Å². The van der Waals surface area contributed by atoms with Gasteiger partial charge in [-0.3, -0.25) is 15.0 Å². The molecule has 1 aromatic heterocycles. The predicted molar refractivity (Wildman–Crippen MR) is 112 cm³/mol. The van der Waals surface area contributed by atoms with Gasteiger partial charge in [-0.15, -0.1) is 0 Å². The van der Waals surface area contributed by atoms with Gasteiger partial charge in [-0.2, -0.15) is 4.98 Å².